The van der Waals surface area contributed by atoms with Crippen LogP contribution in [0.2, 0.25) is 0 Å². The van der Waals surface area contributed by atoms with E-state index in [1.165, 1.54) is 11.1 Å². The van der Waals surface area contributed by atoms with Crippen LogP contribution in [-0.4, -0.2) is 15.7 Å². The number of halogens is 2. The van der Waals surface area contributed by atoms with E-state index in [1.807, 2.05) is 12.1 Å². The molecule has 0 N–H and O–H groups in total. The van der Waals surface area contributed by atoms with Crippen LogP contribution in [-0.2, 0) is 5.41 Å². The summed E-state index contributed by atoms with van der Waals surface area (Å²) < 4.78 is 2.10. The lowest BCUT2D eigenvalue weighted by Crippen LogP contribution is -2.36. The molecule has 5 heteroatoms. The first-order chi connectivity index (χ1) is 15.2. The van der Waals surface area contributed by atoms with Gasteiger partial charge in [0.1, 0.15) is 0 Å². The lowest BCUT2D eigenvalue weighted by Gasteiger charge is -2.35. The molecule has 3 nitrogen and oxygen atoms in total. The largest absolute Gasteiger partial charge is 0.253 e. The Morgan fingerprint density at radius 1 is 0.710 bits per heavy atom. The zero-order valence-electron chi connectivity index (χ0n) is 16.3. The Morgan fingerprint density at radius 2 is 1.35 bits per heavy atom. The highest BCUT2D eigenvalue weighted by Crippen LogP contribution is 2.50. The monoisotopic (exact) mass is 527 g/mol. The maximum atomic E-state index is 5.18. The molecule has 0 fully saturated rings. The third kappa shape index (κ3) is 2.80. The van der Waals surface area contributed by atoms with E-state index in [0.29, 0.717) is 0 Å². The minimum atomic E-state index is -0.501. The van der Waals surface area contributed by atoms with Gasteiger partial charge in [-0.25, -0.2) is 0 Å². The van der Waals surface area contributed by atoms with Crippen LogP contribution < -0.4 is 0 Å². The van der Waals surface area contributed by atoms with Crippen molar-refractivity contribution in [3.63, 3.8) is 0 Å². The summed E-state index contributed by atoms with van der Waals surface area (Å²) in [5, 5.41) is 0. The summed E-state index contributed by atoms with van der Waals surface area (Å²) in [5.41, 5.74) is 7.73. The first-order valence-corrected chi connectivity index (χ1v) is 11.5. The molecule has 0 saturated heterocycles. The van der Waals surface area contributed by atoms with Gasteiger partial charge in [0.05, 0.1) is 27.8 Å². The van der Waals surface area contributed by atoms with Gasteiger partial charge in [0.15, 0.2) is 0 Å². The Hall–Kier alpha value is -2.89. The number of aromatic nitrogens is 2. The highest BCUT2D eigenvalue weighted by molar-refractivity contribution is 9.10. The van der Waals surface area contributed by atoms with E-state index in [1.54, 1.807) is 12.4 Å². The van der Waals surface area contributed by atoms with Crippen molar-refractivity contribution < 1.29 is 0 Å². The summed E-state index contributed by atoms with van der Waals surface area (Å²) in [7, 11) is 0. The van der Waals surface area contributed by atoms with Gasteiger partial charge >= 0.3 is 0 Å². The quantitative estimate of drug-likeness (QED) is 0.276. The molecule has 1 aliphatic heterocycles. The number of hydrogen-bond donors (Lipinski definition) is 0. The van der Waals surface area contributed by atoms with Crippen molar-refractivity contribution in [2.24, 2.45) is 4.99 Å². The Balaban J connectivity index is 1.64. The van der Waals surface area contributed by atoms with Crippen molar-refractivity contribution in [1.29, 1.82) is 0 Å². The highest BCUT2D eigenvalue weighted by Gasteiger charge is 2.44. The Labute approximate surface area is 196 Å². The van der Waals surface area contributed by atoms with Crippen LogP contribution in [0.3, 0.4) is 0 Å². The number of fused-ring (bicyclic) bond motifs is 5. The van der Waals surface area contributed by atoms with Crippen LogP contribution in [0.4, 0.5) is 5.69 Å². The zero-order valence-corrected chi connectivity index (χ0v) is 19.4. The third-order valence-electron chi connectivity index (χ3n) is 5.96. The van der Waals surface area contributed by atoms with E-state index in [2.05, 4.69) is 109 Å². The molecular formula is C26H15Br2N3. The second-order valence-electron chi connectivity index (χ2n) is 7.61. The summed E-state index contributed by atoms with van der Waals surface area (Å²) in [6.07, 6.45) is 10.0. The molecule has 31 heavy (non-hydrogen) atoms. The molecule has 1 aliphatic carbocycles. The highest BCUT2D eigenvalue weighted by atomic mass is 79.9. The lowest BCUT2D eigenvalue weighted by molar-refractivity contribution is 0.870. The van der Waals surface area contributed by atoms with Crippen molar-refractivity contribution in [3.8, 4) is 0 Å². The first kappa shape index (κ1) is 18.8. The maximum Gasteiger partial charge on any atom is 0.0987 e. The van der Waals surface area contributed by atoms with E-state index >= 15 is 0 Å². The molecule has 2 aliphatic rings. The van der Waals surface area contributed by atoms with Crippen molar-refractivity contribution in [3.05, 3.63) is 117 Å². The van der Waals surface area contributed by atoms with Gasteiger partial charge < -0.3 is 0 Å². The molecule has 0 unspecified atom stereocenters. The van der Waals surface area contributed by atoms with Crippen LogP contribution in [0.5, 0.6) is 0 Å². The molecule has 0 saturated carbocycles. The van der Waals surface area contributed by atoms with Crippen molar-refractivity contribution in [1.82, 2.24) is 9.97 Å². The number of aliphatic imine (C=N–C) groups is 1. The van der Waals surface area contributed by atoms with Crippen LogP contribution in [0.15, 0.2) is 105 Å². The molecule has 0 radical (unpaired) electrons. The number of hydrogen-bond acceptors (Lipinski definition) is 3. The van der Waals surface area contributed by atoms with Gasteiger partial charge in [-0.15, -0.1) is 0 Å². The average molecular weight is 529 g/mol. The van der Waals surface area contributed by atoms with Crippen molar-refractivity contribution in [2.75, 3.05) is 0 Å². The molecule has 0 amide bonds. The number of allylic oxidation sites excluding steroid dienone is 4. The van der Waals surface area contributed by atoms with Crippen LogP contribution in [0.25, 0.3) is 16.6 Å². The summed E-state index contributed by atoms with van der Waals surface area (Å²) >= 11 is 7.16. The van der Waals surface area contributed by atoms with E-state index < -0.39 is 5.41 Å². The van der Waals surface area contributed by atoms with Gasteiger partial charge in [0.25, 0.3) is 0 Å². The van der Waals surface area contributed by atoms with Gasteiger partial charge in [-0.3, -0.25) is 15.0 Å². The third-order valence-corrected chi connectivity index (χ3v) is 7.01. The van der Waals surface area contributed by atoms with E-state index in [-0.39, 0.29) is 0 Å². The SMILES string of the molecule is Brc1ccc(C2(c3ccc(Br)cc3)C=CC=C3C2=Nc2ccc4nccnc4c23)cc1. The standard InChI is InChI=1S/C26H15Br2N3/c27-18-7-3-16(4-8-18)26(17-5-9-19(28)10-6-17)13-1-2-20-23-21(31-25(20)26)11-12-22-24(23)30-15-14-29-22/h1-15H. The number of rotatable bonds is 2. The van der Waals surface area contributed by atoms with Crippen molar-refractivity contribution >= 4 is 59.9 Å². The van der Waals surface area contributed by atoms with Crippen molar-refractivity contribution in [2.45, 2.75) is 5.41 Å². The molecule has 1 aromatic heterocycles. The second-order valence-corrected chi connectivity index (χ2v) is 9.44. The second kappa shape index (κ2) is 7.08. The molecule has 0 atom stereocenters. The Kier molecular flexibility index (Phi) is 4.30. The van der Waals surface area contributed by atoms with Gasteiger partial charge in [0, 0.05) is 32.5 Å². The van der Waals surface area contributed by atoms with Crippen LogP contribution in [0, 0.1) is 0 Å². The zero-order chi connectivity index (χ0) is 21.0. The van der Waals surface area contributed by atoms with E-state index in [9.17, 15) is 0 Å². The molecule has 0 bridgehead atoms. The van der Waals surface area contributed by atoms with E-state index in [4.69, 9.17) is 4.99 Å². The topological polar surface area (TPSA) is 38.1 Å². The molecule has 3 aromatic carbocycles. The predicted molar refractivity (Wildman–Crippen MR) is 133 cm³/mol. The molecular weight excluding hydrogens is 514 g/mol. The first-order valence-electron chi connectivity index (χ1n) is 9.92. The average Bonchev–Trinajstić information content (AvgIpc) is 3.20. The maximum absolute atomic E-state index is 5.18. The van der Waals surface area contributed by atoms with Gasteiger partial charge in [-0.1, -0.05) is 74.4 Å². The Bertz CT molecular complexity index is 1390. The normalized spacial score (nSPS) is 15.9. The molecule has 4 aromatic rings. The molecule has 6 rings (SSSR count). The predicted octanol–water partition coefficient (Wildman–Crippen LogP) is 7.18. The van der Waals surface area contributed by atoms with Gasteiger partial charge in [-0.05, 0) is 47.5 Å². The molecule has 2 heterocycles. The Morgan fingerprint density at radius 3 is 2.03 bits per heavy atom. The van der Waals surface area contributed by atoms with Crippen LogP contribution >= 0.6 is 31.9 Å². The summed E-state index contributed by atoms with van der Waals surface area (Å²) in [6.45, 7) is 0. The van der Waals surface area contributed by atoms with Crippen LogP contribution in [0.1, 0.15) is 16.7 Å². The van der Waals surface area contributed by atoms with E-state index in [0.717, 1.165) is 42.5 Å². The fourth-order valence-electron chi connectivity index (χ4n) is 4.57. The van der Waals surface area contributed by atoms with Gasteiger partial charge in [-0.2, -0.15) is 0 Å². The number of nitrogens with zero attached hydrogens (tertiary/aromatic N) is 3. The minimum absolute atomic E-state index is 0.501. The smallest absolute Gasteiger partial charge is 0.0987 e. The molecule has 0 spiro atoms. The molecule has 148 valence electrons. The fourth-order valence-corrected chi connectivity index (χ4v) is 5.10. The fraction of sp³-hybridized carbons (Fsp3) is 0.0385. The lowest BCUT2D eigenvalue weighted by atomic mass is 9.66. The summed E-state index contributed by atoms with van der Waals surface area (Å²) in [4.78, 5) is 14.3. The number of benzene rings is 3. The van der Waals surface area contributed by atoms with Gasteiger partial charge in [0.2, 0.25) is 0 Å². The summed E-state index contributed by atoms with van der Waals surface area (Å²) in [6, 6.07) is 21.1. The summed E-state index contributed by atoms with van der Waals surface area (Å²) in [5.74, 6) is 0. The minimum Gasteiger partial charge on any atom is -0.253 e.